The number of rotatable bonds is 10. The number of nitrogens with one attached hydrogen (secondary N) is 4. The second-order valence-corrected chi connectivity index (χ2v) is 11.3. The summed E-state index contributed by atoms with van der Waals surface area (Å²) in [5, 5.41) is 22.5. The lowest BCUT2D eigenvalue weighted by Crippen LogP contribution is -2.43. The zero-order valence-corrected chi connectivity index (χ0v) is 23.0. The summed E-state index contributed by atoms with van der Waals surface area (Å²) in [6.07, 6.45) is -0.547. The van der Waals surface area contributed by atoms with Gasteiger partial charge in [0.25, 0.3) is 10.0 Å². The molecule has 5 N–H and O–H groups in total. The lowest BCUT2D eigenvalue weighted by Gasteiger charge is -2.18. The van der Waals surface area contributed by atoms with Crippen LogP contribution >= 0.6 is 0 Å². The van der Waals surface area contributed by atoms with Crippen molar-refractivity contribution in [2.75, 3.05) is 13.2 Å². The molecular weight excluding hydrogens is 532 g/mol. The number of carbonyl (C=O) groups excluding carboxylic acids is 1. The number of hydrogen-bond acceptors (Lipinski definition) is 6. The van der Waals surface area contributed by atoms with Crippen LogP contribution in [0.1, 0.15) is 41.0 Å². The number of amides is 1. The molecule has 0 unspecified atom stereocenters. The minimum atomic E-state index is -3.95. The highest BCUT2D eigenvalue weighted by Gasteiger charge is 2.29. The van der Waals surface area contributed by atoms with Crippen LogP contribution in [0.2, 0.25) is 0 Å². The van der Waals surface area contributed by atoms with Gasteiger partial charge >= 0.3 is 12.1 Å². The third-order valence-electron chi connectivity index (χ3n) is 6.76. The van der Waals surface area contributed by atoms with Crippen LogP contribution in [0.25, 0.3) is 11.1 Å². The van der Waals surface area contributed by atoms with E-state index >= 15 is 0 Å². The van der Waals surface area contributed by atoms with Crippen LogP contribution in [0.5, 0.6) is 0 Å². The Hall–Kier alpha value is -4.38. The third-order valence-corrected chi connectivity index (χ3v) is 8.27. The highest BCUT2D eigenvalue weighted by Crippen LogP contribution is 2.44. The maximum Gasteiger partial charge on any atom is 0.407 e. The molecule has 3 aromatic rings. The van der Waals surface area contributed by atoms with Crippen LogP contribution < -0.4 is 15.4 Å². The molecule has 1 aliphatic rings. The zero-order chi connectivity index (χ0) is 28.9. The number of carboxylic acid groups (broad SMARTS) is 1. The molecule has 1 atom stereocenters. The van der Waals surface area contributed by atoms with Crippen molar-refractivity contribution < 1.29 is 27.9 Å². The summed E-state index contributed by atoms with van der Waals surface area (Å²) in [5.74, 6) is -1.81. The molecule has 4 rings (SSSR count). The number of aryl methyl sites for hydroxylation is 2. The highest BCUT2D eigenvalue weighted by atomic mass is 32.2. The summed E-state index contributed by atoms with van der Waals surface area (Å²) in [4.78, 5) is 24.3. The third kappa shape index (κ3) is 6.60. The van der Waals surface area contributed by atoms with E-state index < -0.39 is 34.1 Å². The van der Waals surface area contributed by atoms with Gasteiger partial charge in [0.1, 0.15) is 12.6 Å². The molecule has 0 fully saturated rings. The van der Waals surface area contributed by atoms with Crippen LogP contribution in [0.3, 0.4) is 0 Å². The number of carbonyl (C=O) groups is 2. The minimum absolute atomic E-state index is 0.0453. The smallest absolute Gasteiger partial charge is 0.407 e. The van der Waals surface area contributed by atoms with E-state index in [1.54, 1.807) is 19.1 Å². The zero-order valence-electron chi connectivity index (χ0n) is 22.2. The Bertz CT molecular complexity index is 1490. The lowest BCUT2D eigenvalue weighted by molar-refractivity contribution is -0.139. The molecule has 0 aromatic heterocycles. The number of sulfonamides is 1. The molecule has 0 bridgehead atoms. The van der Waals surface area contributed by atoms with E-state index in [0.29, 0.717) is 5.56 Å². The second kappa shape index (κ2) is 12.2. The Kier molecular flexibility index (Phi) is 8.73. The van der Waals surface area contributed by atoms with Gasteiger partial charge in [-0.05, 0) is 60.6 Å². The van der Waals surface area contributed by atoms with Gasteiger partial charge in [-0.1, -0.05) is 66.2 Å². The molecule has 0 saturated carbocycles. The lowest BCUT2D eigenvalue weighted by atomic mass is 9.98. The maximum absolute atomic E-state index is 12.6. The first-order valence-corrected chi connectivity index (χ1v) is 14.3. The maximum atomic E-state index is 12.6. The standard InChI is InChI=1S/C29H32N4O6S/c1-18-13-14-26(19(2)16-18)40(37,38)33-28(30)31-15-7-12-25(27(34)35)32-29(36)39-17-24-22-10-5-3-8-20(22)21-9-4-6-11-23(21)24/h3-6,8-11,13-14,16,24-25H,7,12,15,17H2,1-2H3,(H,32,36)(H,34,35)(H3,30,31,33)/t25-/m0/s1. The molecule has 1 aliphatic carbocycles. The first kappa shape index (κ1) is 28.6. The Balaban J connectivity index is 1.24. The molecule has 1 amide bonds. The Morgan fingerprint density at radius 3 is 2.23 bits per heavy atom. The van der Waals surface area contributed by atoms with E-state index in [4.69, 9.17) is 10.1 Å². The van der Waals surface area contributed by atoms with Gasteiger partial charge in [0, 0.05) is 12.5 Å². The van der Waals surface area contributed by atoms with Crippen molar-refractivity contribution in [3.63, 3.8) is 0 Å². The summed E-state index contributed by atoms with van der Waals surface area (Å²) in [7, 11) is -3.95. The van der Waals surface area contributed by atoms with Gasteiger partial charge in [0.05, 0.1) is 4.90 Å². The van der Waals surface area contributed by atoms with Crippen molar-refractivity contribution in [3.8, 4) is 11.1 Å². The summed E-state index contributed by atoms with van der Waals surface area (Å²) < 4.78 is 32.8. The van der Waals surface area contributed by atoms with E-state index in [0.717, 1.165) is 27.8 Å². The van der Waals surface area contributed by atoms with E-state index in [2.05, 4.69) is 15.4 Å². The fraction of sp³-hybridized carbons (Fsp3) is 0.276. The molecule has 0 saturated heterocycles. The molecule has 0 spiro atoms. The van der Waals surface area contributed by atoms with Crippen molar-refractivity contribution in [1.82, 2.24) is 15.4 Å². The predicted octanol–water partition coefficient (Wildman–Crippen LogP) is 3.88. The second-order valence-electron chi connectivity index (χ2n) is 9.68. The Morgan fingerprint density at radius 1 is 1.00 bits per heavy atom. The average molecular weight is 565 g/mol. The van der Waals surface area contributed by atoms with Crippen molar-refractivity contribution in [2.24, 2.45) is 0 Å². The van der Waals surface area contributed by atoms with Crippen LogP contribution in [0, 0.1) is 19.3 Å². The first-order valence-electron chi connectivity index (χ1n) is 12.8. The fourth-order valence-electron chi connectivity index (χ4n) is 4.89. The first-order chi connectivity index (χ1) is 19.1. The van der Waals surface area contributed by atoms with E-state index in [-0.39, 0.29) is 36.8 Å². The van der Waals surface area contributed by atoms with Crippen molar-refractivity contribution in [1.29, 1.82) is 5.41 Å². The van der Waals surface area contributed by atoms with Crippen LogP contribution in [-0.4, -0.2) is 50.7 Å². The SMILES string of the molecule is Cc1ccc(S(=O)(=O)NC(=N)NCCC[C@H](NC(=O)OCC2c3ccccc3-c3ccccc32)C(=O)O)c(C)c1. The van der Waals surface area contributed by atoms with E-state index in [1.165, 1.54) is 6.07 Å². The van der Waals surface area contributed by atoms with Gasteiger partial charge in [-0.15, -0.1) is 0 Å². The molecular formula is C29H32N4O6S. The summed E-state index contributed by atoms with van der Waals surface area (Å²) in [6, 6.07) is 19.5. The van der Waals surface area contributed by atoms with Crippen LogP contribution in [0.4, 0.5) is 4.79 Å². The number of benzene rings is 3. The number of alkyl carbamates (subject to hydrolysis) is 1. The van der Waals surface area contributed by atoms with Gasteiger partial charge in [-0.2, -0.15) is 0 Å². The van der Waals surface area contributed by atoms with Gasteiger partial charge in [0.2, 0.25) is 5.96 Å². The monoisotopic (exact) mass is 564 g/mol. The molecule has 10 nitrogen and oxygen atoms in total. The Morgan fingerprint density at radius 2 is 1.62 bits per heavy atom. The van der Waals surface area contributed by atoms with Gasteiger partial charge in [-0.25, -0.2) is 22.7 Å². The van der Waals surface area contributed by atoms with Gasteiger partial charge in [0.15, 0.2) is 0 Å². The van der Waals surface area contributed by atoms with Crippen molar-refractivity contribution >= 4 is 28.0 Å². The fourth-order valence-corrected chi connectivity index (χ4v) is 6.07. The summed E-state index contributed by atoms with van der Waals surface area (Å²) >= 11 is 0. The molecule has 40 heavy (non-hydrogen) atoms. The molecule has 3 aromatic carbocycles. The number of fused-ring (bicyclic) bond motifs is 3. The molecule has 0 radical (unpaired) electrons. The minimum Gasteiger partial charge on any atom is -0.480 e. The summed E-state index contributed by atoms with van der Waals surface area (Å²) in [5.41, 5.74) is 5.75. The number of ether oxygens (including phenoxy) is 1. The molecule has 210 valence electrons. The van der Waals surface area contributed by atoms with E-state index in [9.17, 15) is 23.1 Å². The number of hydrogen-bond donors (Lipinski definition) is 5. The molecule has 0 heterocycles. The van der Waals surface area contributed by atoms with Crippen molar-refractivity contribution in [3.05, 3.63) is 89.0 Å². The van der Waals surface area contributed by atoms with Crippen LogP contribution in [-0.2, 0) is 19.6 Å². The quantitative estimate of drug-likeness (QED) is 0.142. The van der Waals surface area contributed by atoms with Gasteiger partial charge < -0.3 is 20.5 Å². The largest absolute Gasteiger partial charge is 0.480 e. The number of aliphatic carboxylic acids is 1. The van der Waals surface area contributed by atoms with Crippen molar-refractivity contribution in [2.45, 2.75) is 43.5 Å². The Labute approximate surface area is 233 Å². The number of carboxylic acids is 1. The highest BCUT2D eigenvalue weighted by molar-refractivity contribution is 7.90. The molecule has 11 heteroatoms. The number of guanidine groups is 1. The van der Waals surface area contributed by atoms with Crippen LogP contribution in [0.15, 0.2) is 71.6 Å². The topological polar surface area (TPSA) is 158 Å². The van der Waals surface area contributed by atoms with Gasteiger partial charge in [-0.3, -0.25) is 5.41 Å². The predicted molar refractivity (Wildman–Crippen MR) is 151 cm³/mol. The average Bonchev–Trinajstić information content (AvgIpc) is 3.22. The van der Waals surface area contributed by atoms with E-state index in [1.807, 2.05) is 55.5 Å². The summed E-state index contributed by atoms with van der Waals surface area (Å²) in [6.45, 7) is 3.71. The molecule has 0 aliphatic heterocycles. The normalized spacial score (nSPS) is 13.1.